The Morgan fingerprint density at radius 2 is 1.21 bits per heavy atom. The number of fused-ring (bicyclic) bond motifs is 2. The van der Waals surface area contributed by atoms with Crippen molar-refractivity contribution in [1.29, 1.82) is 0 Å². The summed E-state index contributed by atoms with van der Waals surface area (Å²) in [5.41, 5.74) is 0. The van der Waals surface area contributed by atoms with Crippen molar-refractivity contribution in [3.8, 4) is 11.5 Å². The van der Waals surface area contributed by atoms with Crippen molar-refractivity contribution >= 4 is 49.4 Å². The first-order valence-corrected chi connectivity index (χ1v) is 11.9. The molecule has 0 N–H and O–H groups in total. The largest absolute Gasteiger partial charge is 0.488 e. The SMILES string of the molecule is CCC(COc1c2ccccc2c(OCC(CC)OC(C)=O)c2cc(Br)ccc12)OC(C)=O. The van der Waals surface area contributed by atoms with Crippen molar-refractivity contribution < 1.29 is 28.5 Å². The van der Waals surface area contributed by atoms with Crippen molar-refractivity contribution in [3.05, 3.63) is 46.9 Å². The second-order valence-corrected chi connectivity index (χ2v) is 8.71. The quantitative estimate of drug-likeness (QED) is 0.236. The lowest BCUT2D eigenvalue weighted by Crippen LogP contribution is -2.24. The number of esters is 2. The van der Waals surface area contributed by atoms with E-state index in [0.29, 0.717) is 24.3 Å². The molecule has 0 spiro atoms. The molecule has 0 radical (unpaired) electrons. The molecule has 0 bridgehead atoms. The van der Waals surface area contributed by atoms with Crippen LogP contribution in [0.1, 0.15) is 40.5 Å². The lowest BCUT2D eigenvalue weighted by Gasteiger charge is -2.22. The molecule has 0 saturated carbocycles. The van der Waals surface area contributed by atoms with Crippen LogP contribution < -0.4 is 9.47 Å². The summed E-state index contributed by atoms with van der Waals surface area (Å²) in [5.74, 6) is 0.751. The van der Waals surface area contributed by atoms with Crippen LogP contribution >= 0.6 is 15.9 Å². The summed E-state index contributed by atoms with van der Waals surface area (Å²) in [7, 11) is 0. The van der Waals surface area contributed by atoms with E-state index in [1.54, 1.807) is 0 Å². The van der Waals surface area contributed by atoms with E-state index >= 15 is 0 Å². The first kappa shape index (κ1) is 24.8. The van der Waals surface area contributed by atoms with Gasteiger partial charge in [0.15, 0.2) is 0 Å². The zero-order valence-corrected chi connectivity index (χ0v) is 20.9. The summed E-state index contributed by atoms with van der Waals surface area (Å²) in [6.07, 6.45) is 0.621. The Morgan fingerprint density at radius 3 is 1.67 bits per heavy atom. The normalized spacial score (nSPS) is 12.9. The number of carbonyl (C=O) groups excluding carboxylic acids is 2. The third kappa shape index (κ3) is 6.16. The van der Waals surface area contributed by atoms with Crippen molar-refractivity contribution in [1.82, 2.24) is 0 Å². The molecule has 0 aliphatic rings. The molecule has 3 rings (SSSR count). The predicted molar refractivity (Wildman–Crippen MR) is 132 cm³/mol. The van der Waals surface area contributed by atoms with Gasteiger partial charge in [-0.15, -0.1) is 0 Å². The van der Waals surface area contributed by atoms with Crippen molar-refractivity contribution in [2.45, 2.75) is 52.7 Å². The zero-order valence-electron chi connectivity index (χ0n) is 19.4. The second-order valence-electron chi connectivity index (χ2n) is 7.80. The van der Waals surface area contributed by atoms with Gasteiger partial charge < -0.3 is 18.9 Å². The topological polar surface area (TPSA) is 71.1 Å². The summed E-state index contributed by atoms with van der Waals surface area (Å²) in [4.78, 5) is 22.8. The Hall–Kier alpha value is -2.80. The standard InChI is InChI=1S/C26H29BrO6/c1-5-19(32-16(3)28)14-30-25-21-9-7-8-10-22(21)26(24-13-18(27)11-12-23(24)25)31-15-20(6-2)33-17(4)29/h7-13,19-20H,5-6,14-15H2,1-4H3. The van der Waals surface area contributed by atoms with Gasteiger partial charge in [-0.05, 0) is 31.0 Å². The summed E-state index contributed by atoms with van der Waals surface area (Å²) >= 11 is 3.56. The number of hydrogen-bond acceptors (Lipinski definition) is 6. The molecule has 176 valence electrons. The maximum absolute atomic E-state index is 11.4. The van der Waals surface area contributed by atoms with Gasteiger partial charge in [0.2, 0.25) is 0 Å². The van der Waals surface area contributed by atoms with Crippen molar-refractivity contribution in [2.24, 2.45) is 0 Å². The Morgan fingerprint density at radius 1 is 0.758 bits per heavy atom. The van der Waals surface area contributed by atoms with E-state index in [-0.39, 0.29) is 37.4 Å². The van der Waals surface area contributed by atoms with Gasteiger partial charge in [-0.2, -0.15) is 0 Å². The van der Waals surface area contributed by atoms with Crippen LogP contribution in [0.25, 0.3) is 21.5 Å². The maximum Gasteiger partial charge on any atom is 0.303 e. The number of hydrogen-bond donors (Lipinski definition) is 0. The molecule has 33 heavy (non-hydrogen) atoms. The monoisotopic (exact) mass is 516 g/mol. The maximum atomic E-state index is 11.4. The van der Waals surface area contributed by atoms with Crippen LogP contribution in [-0.4, -0.2) is 37.4 Å². The molecule has 2 atom stereocenters. The van der Waals surface area contributed by atoms with Crippen molar-refractivity contribution in [3.63, 3.8) is 0 Å². The minimum atomic E-state index is -0.339. The van der Waals surface area contributed by atoms with E-state index in [1.165, 1.54) is 13.8 Å². The highest BCUT2D eigenvalue weighted by Gasteiger charge is 2.20. The second kappa shape index (κ2) is 11.4. The molecule has 0 amide bonds. The van der Waals surface area contributed by atoms with E-state index in [9.17, 15) is 9.59 Å². The molecule has 0 heterocycles. The Bertz CT molecular complexity index is 1140. The molecule has 0 aliphatic heterocycles. The fourth-order valence-corrected chi connectivity index (χ4v) is 4.04. The van der Waals surface area contributed by atoms with Gasteiger partial charge in [-0.25, -0.2) is 0 Å². The zero-order chi connectivity index (χ0) is 24.0. The van der Waals surface area contributed by atoms with Crippen molar-refractivity contribution in [2.75, 3.05) is 13.2 Å². The number of benzene rings is 3. The van der Waals surface area contributed by atoms with E-state index < -0.39 is 0 Å². The molecule has 0 aliphatic carbocycles. The Balaban J connectivity index is 2.07. The third-order valence-corrected chi connectivity index (χ3v) is 5.78. The lowest BCUT2D eigenvalue weighted by atomic mass is 10.0. The predicted octanol–water partition coefficient (Wildman–Crippen LogP) is 6.20. The summed E-state index contributed by atoms with van der Waals surface area (Å²) in [6.45, 7) is 7.19. The summed E-state index contributed by atoms with van der Waals surface area (Å²) in [6, 6.07) is 13.8. The molecule has 6 nitrogen and oxygen atoms in total. The fraction of sp³-hybridized carbons (Fsp3) is 0.385. The highest BCUT2D eigenvalue weighted by molar-refractivity contribution is 9.10. The molecule has 7 heteroatoms. The lowest BCUT2D eigenvalue weighted by molar-refractivity contribution is -0.148. The molecular weight excluding hydrogens is 488 g/mol. The minimum absolute atomic E-state index is 0.242. The first-order valence-electron chi connectivity index (χ1n) is 11.1. The number of rotatable bonds is 10. The van der Waals surface area contributed by atoms with Gasteiger partial charge in [0.05, 0.1) is 0 Å². The van der Waals surface area contributed by atoms with E-state index in [0.717, 1.165) is 26.0 Å². The average molecular weight is 517 g/mol. The number of carbonyl (C=O) groups is 2. The van der Waals surface area contributed by atoms with Gasteiger partial charge in [-0.1, -0.05) is 54.0 Å². The molecule has 0 aromatic heterocycles. The highest BCUT2D eigenvalue weighted by atomic mass is 79.9. The smallest absolute Gasteiger partial charge is 0.303 e. The van der Waals surface area contributed by atoms with Gasteiger partial charge in [0.1, 0.15) is 36.9 Å². The van der Waals surface area contributed by atoms with E-state index in [1.807, 2.05) is 56.3 Å². The van der Waals surface area contributed by atoms with Gasteiger partial charge in [0, 0.05) is 39.9 Å². The highest BCUT2D eigenvalue weighted by Crippen LogP contribution is 2.43. The van der Waals surface area contributed by atoms with Crippen LogP contribution in [0.5, 0.6) is 11.5 Å². The van der Waals surface area contributed by atoms with Crippen LogP contribution in [-0.2, 0) is 19.1 Å². The molecule has 2 unspecified atom stereocenters. The number of ether oxygens (including phenoxy) is 4. The number of halogens is 1. The third-order valence-electron chi connectivity index (χ3n) is 5.29. The fourth-order valence-electron chi connectivity index (χ4n) is 3.68. The summed E-state index contributed by atoms with van der Waals surface area (Å²) < 4.78 is 24.2. The van der Waals surface area contributed by atoms with Gasteiger partial charge >= 0.3 is 11.9 Å². The van der Waals surface area contributed by atoms with E-state index in [2.05, 4.69) is 15.9 Å². The van der Waals surface area contributed by atoms with E-state index in [4.69, 9.17) is 18.9 Å². The van der Waals surface area contributed by atoms with Crippen LogP contribution in [0, 0.1) is 0 Å². The molecule has 3 aromatic rings. The summed E-state index contributed by atoms with van der Waals surface area (Å²) in [5, 5.41) is 3.53. The molecule has 3 aromatic carbocycles. The Kier molecular flexibility index (Phi) is 8.55. The Labute approximate surface area is 202 Å². The van der Waals surface area contributed by atoms with Gasteiger partial charge in [-0.3, -0.25) is 9.59 Å². The van der Waals surface area contributed by atoms with Gasteiger partial charge in [0.25, 0.3) is 0 Å². The molecule has 0 fully saturated rings. The van der Waals surface area contributed by atoms with Crippen LogP contribution in [0.3, 0.4) is 0 Å². The first-order chi connectivity index (χ1) is 15.8. The minimum Gasteiger partial charge on any atom is -0.488 e. The van der Waals surface area contributed by atoms with Crippen LogP contribution in [0.4, 0.5) is 0 Å². The molecule has 0 saturated heterocycles. The average Bonchev–Trinajstić information content (AvgIpc) is 2.78. The molecular formula is C26H29BrO6. The van der Waals surface area contributed by atoms with Crippen LogP contribution in [0.15, 0.2) is 46.9 Å². The van der Waals surface area contributed by atoms with Crippen LogP contribution in [0.2, 0.25) is 0 Å².